The van der Waals surface area contributed by atoms with Crippen LogP contribution in [-0.2, 0) is 0 Å². The lowest BCUT2D eigenvalue weighted by Crippen LogP contribution is -2.19. The fourth-order valence-corrected chi connectivity index (χ4v) is 2.19. The maximum Gasteiger partial charge on any atom is 0.346 e. The third-order valence-corrected chi connectivity index (χ3v) is 3.07. The minimum Gasteiger partial charge on any atom is -0.305 e. The SMILES string of the molecule is O=C(Nc1[nH]c(=O)ncc1F)c1ccc(Cl)cc1Br. The number of anilines is 1. The van der Waals surface area contributed by atoms with Gasteiger partial charge in [-0.15, -0.1) is 0 Å². The molecule has 1 heterocycles. The molecule has 0 spiro atoms. The Bertz CT molecular complexity index is 705. The van der Waals surface area contributed by atoms with Crippen LogP contribution in [0.3, 0.4) is 0 Å². The molecule has 5 nitrogen and oxygen atoms in total. The van der Waals surface area contributed by atoms with Crippen LogP contribution in [0.5, 0.6) is 0 Å². The van der Waals surface area contributed by atoms with Crippen LogP contribution in [-0.4, -0.2) is 15.9 Å². The number of hydrogen-bond donors (Lipinski definition) is 2. The second-order valence-electron chi connectivity index (χ2n) is 3.49. The van der Waals surface area contributed by atoms with Crippen LogP contribution >= 0.6 is 27.5 Å². The summed E-state index contributed by atoms with van der Waals surface area (Å²) >= 11 is 8.92. The van der Waals surface area contributed by atoms with E-state index in [9.17, 15) is 14.0 Å². The number of H-pyrrole nitrogens is 1. The highest BCUT2D eigenvalue weighted by atomic mass is 79.9. The van der Waals surface area contributed by atoms with Gasteiger partial charge in [-0.25, -0.2) is 9.18 Å². The van der Waals surface area contributed by atoms with Gasteiger partial charge in [-0.1, -0.05) is 11.6 Å². The summed E-state index contributed by atoms with van der Waals surface area (Å²) in [5.74, 6) is -1.77. The highest BCUT2D eigenvalue weighted by molar-refractivity contribution is 9.10. The van der Waals surface area contributed by atoms with Gasteiger partial charge in [-0.2, -0.15) is 4.98 Å². The van der Waals surface area contributed by atoms with Crippen LogP contribution in [0.15, 0.2) is 33.7 Å². The van der Waals surface area contributed by atoms with Crippen molar-refractivity contribution in [2.45, 2.75) is 0 Å². The van der Waals surface area contributed by atoms with Crippen LogP contribution in [0.25, 0.3) is 0 Å². The lowest BCUT2D eigenvalue weighted by Gasteiger charge is -2.07. The van der Waals surface area contributed by atoms with Crippen molar-refractivity contribution < 1.29 is 9.18 Å². The molecule has 98 valence electrons. The van der Waals surface area contributed by atoms with E-state index in [1.807, 2.05) is 0 Å². The minimum absolute atomic E-state index is 0.251. The molecule has 0 unspecified atom stereocenters. The highest BCUT2D eigenvalue weighted by Crippen LogP contribution is 2.22. The molecule has 0 aliphatic rings. The largest absolute Gasteiger partial charge is 0.346 e. The van der Waals surface area contributed by atoms with Crippen molar-refractivity contribution >= 4 is 39.3 Å². The monoisotopic (exact) mass is 345 g/mol. The van der Waals surface area contributed by atoms with Crippen molar-refractivity contribution in [3.63, 3.8) is 0 Å². The first-order chi connectivity index (χ1) is 8.97. The lowest BCUT2D eigenvalue weighted by atomic mass is 10.2. The van der Waals surface area contributed by atoms with Crippen molar-refractivity contribution in [1.82, 2.24) is 9.97 Å². The summed E-state index contributed by atoms with van der Waals surface area (Å²) in [5.41, 5.74) is -0.506. The van der Waals surface area contributed by atoms with E-state index in [1.165, 1.54) is 18.2 Å². The zero-order chi connectivity index (χ0) is 14.0. The zero-order valence-corrected chi connectivity index (χ0v) is 11.5. The van der Waals surface area contributed by atoms with E-state index in [0.29, 0.717) is 9.50 Å². The summed E-state index contributed by atoms with van der Waals surface area (Å²) in [4.78, 5) is 28.2. The van der Waals surface area contributed by atoms with Crippen LogP contribution in [0.4, 0.5) is 10.2 Å². The van der Waals surface area contributed by atoms with Crippen molar-refractivity contribution in [2.24, 2.45) is 0 Å². The number of nitrogens with zero attached hydrogens (tertiary/aromatic N) is 1. The Morgan fingerprint density at radius 3 is 2.89 bits per heavy atom. The molecule has 2 aromatic rings. The van der Waals surface area contributed by atoms with Gasteiger partial charge in [0.05, 0.1) is 11.8 Å². The van der Waals surface area contributed by atoms with Crippen molar-refractivity contribution in [1.29, 1.82) is 0 Å². The van der Waals surface area contributed by atoms with Crippen molar-refractivity contribution in [3.8, 4) is 0 Å². The van der Waals surface area contributed by atoms with Crippen LogP contribution in [0.2, 0.25) is 5.02 Å². The topological polar surface area (TPSA) is 74.8 Å². The number of carbonyl (C=O) groups is 1. The average Bonchev–Trinajstić information content (AvgIpc) is 2.33. The van der Waals surface area contributed by atoms with Gasteiger partial charge in [0.1, 0.15) is 0 Å². The predicted molar refractivity (Wildman–Crippen MR) is 71.9 cm³/mol. The van der Waals surface area contributed by atoms with Gasteiger partial charge in [0.2, 0.25) is 0 Å². The molecule has 0 bridgehead atoms. The normalized spacial score (nSPS) is 10.3. The molecule has 8 heteroatoms. The molecule has 1 amide bonds. The van der Waals surface area contributed by atoms with E-state index < -0.39 is 17.4 Å². The first-order valence-electron chi connectivity index (χ1n) is 4.98. The Hall–Kier alpha value is -1.73. The zero-order valence-electron chi connectivity index (χ0n) is 9.21. The fourth-order valence-electron chi connectivity index (χ4n) is 1.32. The van der Waals surface area contributed by atoms with Gasteiger partial charge >= 0.3 is 5.69 Å². The number of rotatable bonds is 2. The smallest absolute Gasteiger partial charge is 0.305 e. The molecule has 2 rings (SSSR count). The van der Waals surface area contributed by atoms with Gasteiger partial charge in [-0.3, -0.25) is 9.78 Å². The number of benzene rings is 1. The Morgan fingerprint density at radius 1 is 1.47 bits per heavy atom. The number of nitrogens with one attached hydrogen (secondary N) is 2. The van der Waals surface area contributed by atoms with Crippen LogP contribution in [0.1, 0.15) is 10.4 Å². The molecular formula is C11H6BrClFN3O2. The summed E-state index contributed by atoms with van der Waals surface area (Å²) in [6.45, 7) is 0. The highest BCUT2D eigenvalue weighted by Gasteiger charge is 2.13. The summed E-state index contributed by atoms with van der Waals surface area (Å²) in [5, 5.41) is 2.70. The maximum atomic E-state index is 13.3. The van der Waals surface area contributed by atoms with E-state index in [-0.39, 0.29) is 11.4 Å². The van der Waals surface area contributed by atoms with E-state index in [2.05, 4.69) is 31.2 Å². The number of amides is 1. The Balaban J connectivity index is 2.30. The number of hydrogen-bond acceptors (Lipinski definition) is 3. The quantitative estimate of drug-likeness (QED) is 0.877. The van der Waals surface area contributed by atoms with Gasteiger partial charge in [-0.05, 0) is 34.1 Å². The summed E-state index contributed by atoms with van der Waals surface area (Å²) in [6.07, 6.45) is 0.728. The average molecular weight is 347 g/mol. The molecular weight excluding hydrogens is 340 g/mol. The summed E-state index contributed by atoms with van der Waals surface area (Å²) in [7, 11) is 0. The Kier molecular flexibility index (Phi) is 3.96. The second kappa shape index (κ2) is 5.50. The van der Waals surface area contributed by atoms with E-state index in [4.69, 9.17) is 11.6 Å². The molecule has 2 N–H and O–H groups in total. The molecule has 19 heavy (non-hydrogen) atoms. The molecule has 0 aliphatic carbocycles. The third-order valence-electron chi connectivity index (χ3n) is 2.18. The molecule has 0 radical (unpaired) electrons. The van der Waals surface area contributed by atoms with E-state index in [1.54, 1.807) is 0 Å². The number of carbonyl (C=O) groups excluding carboxylic acids is 1. The van der Waals surface area contributed by atoms with Gasteiger partial charge in [0.15, 0.2) is 11.6 Å². The molecule has 0 fully saturated rings. The Labute approximate surface area is 120 Å². The number of aromatic amines is 1. The summed E-state index contributed by atoms with van der Waals surface area (Å²) in [6, 6.07) is 4.52. The van der Waals surface area contributed by atoms with E-state index in [0.717, 1.165) is 6.20 Å². The van der Waals surface area contributed by atoms with Gasteiger partial charge in [0.25, 0.3) is 5.91 Å². The van der Waals surface area contributed by atoms with E-state index >= 15 is 0 Å². The Morgan fingerprint density at radius 2 is 2.21 bits per heavy atom. The molecule has 1 aromatic carbocycles. The van der Waals surface area contributed by atoms with Crippen molar-refractivity contribution in [2.75, 3.05) is 5.32 Å². The number of halogens is 3. The van der Waals surface area contributed by atoms with Crippen LogP contribution in [0, 0.1) is 5.82 Å². The molecule has 0 saturated carbocycles. The molecule has 0 aliphatic heterocycles. The first-order valence-corrected chi connectivity index (χ1v) is 6.15. The minimum atomic E-state index is -0.835. The molecule has 0 saturated heterocycles. The first kappa shape index (κ1) is 13.7. The maximum absolute atomic E-state index is 13.3. The molecule has 0 atom stereocenters. The lowest BCUT2D eigenvalue weighted by molar-refractivity contribution is 0.102. The standard InChI is InChI=1S/C11H6BrClFN3O2/c12-7-3-5(13)1-2-6(7)10(18)16-9-8(14)4-15-11(19)17-9/h1-4H,(H2,15,16,17,18,19). The third kappa shape index (κ3) is 3.18. The van der Waals surface area contributed by atoms with Crippen molar-refractivity contribution in [3.05, 3.63) is 55.8 Å². The van der Waals surface area contributed by atoms with Crippen LogP contribution < -0.4 is 11.0 Å². The predicted octanol–water partition coefficient (Wildman–Crippen LogP) is 2.58. The molecule has 1 aromatic heterocycles. The second-order valence-corrected chi connectivity index (χ2v) is 4.78. The van der Waals surface area contributed by atoms with Gasteiger partial charge in [0, 0.05) is 9.50 Å². The number of aromatic nitrogens is 2. The fraction of sp³-hybridized carbons (Fsp3) is 0. The summed E-state index contributed by atoms with van der Waals surface area (Å²) < 4.78 is 13.8. The van der Waals surface area contributed by atoms with Gasteiger partial charge < -0.3 is 5.32 Å².